The molecular formula is C10H18F3N3O2. The van der Waals surface area contributed by atoms with Crippen molar-refractivity contribution in [3.63, 3.8) is 0 Å². The number of likely N-dealkylation sites (N-methyl/N-ethyl adjacent to an activating group) is 1. The number of nitrogens with zero attached hydrogens (tertiary/aromatic N) is 2. The zero-order valence-electron chi connectivity index (χ0n) is 10.4. The predicted octanol–water partition coefficient (Wildman–Crippen LogP) is -0.0316. The lowest BCUT2D eigenvalue weighted by molar-refractivity contribution is -0.187. The van der Waals surface area contributed by atoms with Gasteiger partial charge in [-0.25, -0.2) is 5.01 Å². The molecular weight excluding hydrogens is 251 g/mol. The minimum atomic E-state index is -4.89. The third-order valence-electron chi connectivity index (χ3n) is 3.13. The Morgan fingerprint density at radius 1 is 1.44 bits per heavy atom. The van der Waals surface area contributed by atoms with E-state index in [1.54, 1.807) is 7.05 Å². The molecule has 5 nitrogen and oxygen atoms in total. The molecule has 18 heavy (non-hydrogen) atoms. The molecule has 1 aliphatic heterocycles. The van der Waals surface area contributed by atoms with E-state index < -0.39 is 17.7 Å². The Kier molecular flexibility index (Phi) is 4.57. The number of amides is 1. The van der Waals surface area contributed by atoms with Crippen LogP contribution < -0.4 is 5.43 Å². The minimum absolute atomic E-state index is 0.303. The van der Waals surface area contributed by atoms with E-state index in [9.17, 15) is 23.1 Å². The fourth-order valence-corrected chi connectivity index (χ4v) is 2.03. The highest BCUT2D eigenvalue weighted by Gasteiger charge is 2.44. The summed E-state index contributed by atoms with van der Waals surface area (Å²) in [5.41, 5.74) is 1.66. The lowest BCUT2D eigenvalue weighted by Crippen LogP contribution is -2.54. The van der Waals surface area contributed by atoms with Gasteiger partial charge < -0.3 is 10.0 Å². The summed E-state index contributed by atoms with van der Waals surface area (Å²) in [5.74, 6) is -1.92. The molecule has 2 N–H and O–H groups in total. The van der Waals surface area contributed by atoms with E-state index in [-0.39, 0.29) is 6.54 Å². The molecule has 8 heteroatoms. The van der Waals surface area contributed by atoms with E-state index in [1.807, 2.05) is 5.01 Å². The number of carbonyl (C=O) groups is 1. The molecule has 1 aliphatic rings. The van der Waals surface area contributed by atoms with Gasteiger partial charge in [-0.3, -0.25) is 10.2 Å². The Hall–Kier alpha value is -0.860. The first-order valence-corrected chi connectivity index (χ1v) is 5.65. The number of piperidine rings is 1. The quantitative estimate of drug-likeness (QED) is 0.755. The van der Waals surface area contributed by atoms with Crippen LogP contribution in [0.1, 0.15) is 12.8 Å². The summed E-state index contributed by atoms with van der Waals surface area (Å²) in [6, 6.07) is 0. The Labute approximate surface area is 104 Å². The molecule has 0 atom stereocenters. The maximum atomic E-state index is 12.2. The lowest BCUT2D eigenvalue weighted by Gasteiger charge is -2.39. The van der Waals surface area contributed by atoms with Gasteiger partial charge in [-0.2, -0.15) is 13.2 Å². The van der Waals surface area contributed by atoms with Crippen LogP contribution in [0.15, 0.2) is 0 Å². The number of hydrogen-bond donors (Lipinski definition) is 2. The van der Waals surface area contributed by atoms with Gasteiger partial charge in [0.25, 0.3) is 0 Å². The van der Waals surface area contributed by atoms with Gasteiger partial charge in [0.05, 0.1) is 5.60 Å². The van der Waals surface area contributed by atoms with E-state index >= 15 is 0 Å². The second kappa shape index (κ2) is 5.41. The molecule has 0 saturated carbocycles. The Morgan fingerprint density at radius 2 is 1.94 bits per heavy atom. The first kappa shape index (κ1) is 15.2. The Balaban J connectivity index is 2.54. The van der Waals surface area contributed by atoms with Crippen LogP contribution in [0.4, 0.5) is 13.2 Å². The summed E-state index contributed by atoms with van der Waals surface area (Å²) in [5, 5.41) is 12.0. The van der Waals surface area contributed by atoms with Gasteiger partial charge in [0.15, 0.2) is 0 Å². The predicted molar refractivity (Wildman–Crippen MR) is 58.5 cm³/mol. The highest BCUT2D eigenvalue weighted by molar-refractivity contribution is 5.81. The topological polar surface area (TPSA) is 55.8 Å². The summed E-state index contributed by atoms with van der Waals surface area (Å²) >= 11 is 0. The number of aliphatic hydroxyl groups is 1. The zero-order chi connectivity index (χ0) is 14.0. The van der Waals surface area contributed by atoms with Crippen molar-refractivity contribution < 1.29 is 23.1 Å². The SMILES string of the molecule is CNN1CCC(O)(CN(C)C(=O)C(F)(F)F)CC1. The van der Waals surface area contributed by atoms with Crippen LogP contribution in [-0.4, -0.2) is 66.4 Å². The smallest absolute Gasteiger partial charge is 0.388 e. The standard InChI is InChI=1S/C10H18F3N3O2/c1-14-16-5-3-9(18,4-6-16)7-15(2)8(17)10(11,12)13/h14,18H,3-7H2,1-2H3. The maximum absolute atomic E-state index is 12.2. The molecule has 0 bridgehead atoms. The number of alkyl halides is 3. The summed E-state index contributed by atoms with van der Waals surface area (Å²) in [7, 11) is 2.79. The van der Waals surface area contributed by atoms with Crippen LogP contribution in [0.3, 0.4) is 0 Å². The van der Waals surface area contributed by atoms with Crippen molar-refractivity contribution in [1.29, 1.82) is 0 Å². The van der Waals surface area contributed by atoms with E-state index in [0.717, 1.165) is 7.05 Å². The van der Waals surface area contributed by atoms with Crippen molar-refractivity contribution in [2.75, 3.05) is 33.7 Å². The van der Waals surface area contributed by atoms with Crippen LogP contribution in [0.25, 0.3) is 0 Å². The molecule has 1 heterocycles. The maximum Gasteiger partial charge on any atom is 0.471 e. The highest BCUT2D eigenvalue weighted by Crippen LogP contribution is 2.24. The van der Waals surface area contributed by atoms with Crippen molar-refractivity contribution in [2.45, 2.75) is 24.6 Å². The molecule has 1 fully saturated rings. The molecule has 1 rings (SSSR count). The van der Waals surface area contributed by atoms with Crippen LogP contribution in [0.5, 0.6) is 0 Å². The van der Waals surface area contributed by atoms with Crippen molar-refractivity contribution in [3.05, 3.63) is 0 Å². The summed E-state index contributed by atoms with van der Waals surface area (Å²) < 4.78 is 36.6. The van der Waals surface area contributed by atoms with Crippen LogP contribution in [-0.2, 0) is 4.79 Å². The minimum Gasteiger partial charge on any atom is -0.388 e. The van der Waals surface area contributed by atoms with Crippen molar-refractivity contribution in [1.82, 2.24) is 15.3 Å². The molecule has 0 aromatic rings. The molecule has 1 amide bonds. The Bertz CT molecular complexity index is 301. The fourth-order valence-electron chi connectivity index (χ4n) is 2.03. The molecule has 0 radical (unpaired) electrons. The lowest BCUT2D eigenvalue weighted by atomic mass is 9.91. The van der Waals surface area contributed by atoms with Crippen LogP contribution >= 0.6 is 0 Å². The summed E-state index contributed by atoms with van der Waals surface area (Å²) in [6.07, 6.45) is -4.25. The normalized spacial score (nSPS) is 20.8. The second-order valence-electron chi connectivity index (χ2n) is 4.59. The number of carbonyl (C=O) groups excluding carboxylic acids is 1. The van der Waals surface area contributed by atoms with Gasteiger partial charge in [-0.15, -0.1) is 0 Å². The van der Waals surface area contributed by atoms with E-state index in [0.29, 0.717) is 30.8 Å². The summed E-state index contributed by atoms with van der Waals surface area (Å²) in [6.45, 7) is 0.755. The van der Waals surface area contributed by atoms with Gasteiger partial charge in [0.1, 0.15) is 0 Å². The molecule has 106 valence electrons. The third-order valence-corrected chi connectivity index (χ3v) is 3.13. The number of halogens is 3. The summed E-state index contributed by atoms with van der Waals surface area (Å²) in [4.78, 5) is 11.5. The number of hydrogen-bond acceptors (Lipinski definition) is 4. The van der Waals surface area contributed by atoms with Crippen LogP contribution in [0, 0.1) is 0 Å². The molecule has 0 aliphatic carbocycles. The average Bonchev–Trinajstić information content (AvgIpc) is 2.27. The third kappa shape index (κ3) is 3.82. The first-order valence-electron chi connectivity index (χ1n) is 5.65. The number of hydrazine groups is 1. The van der Waals surface area contributed by atoms with Crippen LogP contribution in [0.2, 0.25) is 0 Å². The monoisotopic (exact) mass is 269 g/mol. The largest absolute Gasteiger partial charge is 0.471 e. The van der Waals surface area contributed by atoms with Crippen molar-refractivity contribution >= 4 is 5.91 Å². The first-order chi connectivity index (χ1) is 8.18. The number of nitrogens with one attached hydrogen (secondary N) is 1. The van der Waals surface area contributed by atoms with Gasteiger partial charge in [-0.05, 0) is 19.9 Å². The zero-order valence-corrected chi connectivity index (χ0v) is 10.4. The van der Waals surface area contributed by atoms with Gasteiger partial charge in [0.2, 0.25) is 0 Å². The molecule has 0 aromatic carbocycles. The van der Waals surface area contributed by atoms with Crippen molar-refractivity contribution in [3.8, 4) is 0 Å². The van der Waals surface area contributed by atoms with E-state index in [4.69, 9.17) is 0 Å². The molecule has 0 unspecified atom stereocenters. The number of rotatable bonds is 3. The van der Waals surface area contributed by atoms with Gasteiger partial charge >= 0.3 is 12.1 Å². The second-order valence-corrected chi connectivity index (χ2v) is 4.59. The Morgan fingerprint density at radius 3 is 2.33 bits per heavy atom. The molecule has 0 spiro atoms. The van der Waals surface area contributed by atoms with Gasteiger partial charge in [0, 0.05) is 26.7 Å². The fraction of sp³-hybridized carbons (Fsp3) is 0.900. The molecule has 1 saturated heterocycles. The highest BCUT2D eigenvalue weighted by atomic mass is 19.4. The molecule has 0 aromatic heterocycles. The average molecular weight is 269 g/mol. The van der Waals surface area contributed by atoms with E-state index in [1.165, 1.54) is 0 Å². The van der Waals surface area contributed by atoms with E-state index in [2.05, 4.69) is 5.43 Å². The van der Waals surface area contributed by atoms with Gasteiger partial charge in [-0.1, -0.05) is 0 Å². The van der Waals surface area contributed by atoms with Crippen molar-refractivity contribution in [2.24, 2.45) is 0 Å².